The molecule has 5 heteroatoms. The second-order valence-corrected chi connectivity index (χ2v) is 7.71. The van der Waals surface area contributed by atoms with E-state index in [9.17, 15) is 13.5 Å². The van der Waals surface area contributed by atoms with Crippen LogP contribution in [0.2, 0.25) is 0 Å². The lowest BCUT2D eigenvalue weighted by Crippen LogP contribution is -2.47. The SMILES string of the molecule is O=S1(=O)CCC(NC2CCCCCC2O)CC1. The lowest BCUT2D eigenvalue weighted by molar-refractivity contribution is 0.112. The average Bonchev–Trinajstić information content (AvgIpc) is 2.47. The van der Waals surface area contributed by atoms with Crippen LogP contribution in [0.25, 0.3) is 0 Å². The zero-order valence-electron chi connectivity index (χ0n) is 10.3. The molecule has 0 aromatic carbocycles. The van der Waals surface area contributed by atoms with Crippen molar-refractivity contribution < 1.29 is 13.5 Å². The first-order valence-corrected chi connectivity index (χ1v) is 8.53. The topological polar surface area (TPSA) is 66.4 Å². The van der Waals surface area contributed by atoms with Gasteiger partial charge in [-0.05, 0) is 25.7 Å². The lowest BCUT2D eigenvalue weighted by Gasteiger charge is -2.30. The Balaban J connectivity index is 1.84. The second kappa shape index (κ2) is 5.67. The Morgan fingerprint density at radius 2 is 1.59 bits per heavy atom. The van der Waals surface area contributed by atoms with Gasteiger partial charge in [-0.3, -0.25) is 0 Å². The normalized spacial score (nSPS) is 35.4. The van der Waals surface area contributed by atoms with E-state index in [-0.39, 0.29) is 18.2 Å². The molecule has 100 valence electrons. The third-order valence-electron chi connectivity index (χ3n) is 3.98. The van der Waals surface area contributed by atoms with Crippen LogP contribution in [0.4, 0.5) is 0 Å². The van der Waals surface area contributed by atoms with Crippen molar-refractivity contribution in [2.24, 2.45) is 0 Å². The van der Waals surface area contributed by atoms with Gasteiger partial charge in [0.2, 0.25) is 0 Å². The predicted octanol–water partition coefficient (Wildman–Crippen LogP) is 0.847. The van der Waals surface area contributed by atoms with Crippen molar-refractivity contribution in [2.75, 3.05) is 11.5 Å². The standard InChI is InChI=1S/C12H23NO3S/c14-12-5-3-1-2-4-11(12)13-10-6-8-17(15,16)9-7-10/h10-14H,1-9H2. The molecule has 1 saturated heterocycles. The smallest absolute Gasteiger partial charge is 0.150 e. The van der Waals surface area contributed by atoms with Crippen LogP contribution in [-0.4, -0.2) is 43.2 Å². The molecule has 17 heavy (non-hydrogen) atoms. The molecular formula is C12H23NO3S. The van der Waals surface area contributed by atoms with Crippen molar-refractivity contribution in [3.8, 4) is 0 Å². The van der Waals surface area contributed by atoms with E-state index in [1.807, 2.05) is 0 Å². The molecule has 2 atom stereocenters. The molecule has 1 saturated carbocycles. The van der Waals surface area contributed by atoms with Crippen LogP contribution in [0.3, 0.4) is 0 Å². The molecule has 2 aliphatic rings. The molecule has 0 spiro atoms. The number of hydrogen-bond acceptors (Lipinski definition) is 4. The van der Waals surface area contributed by atoms with E-state index < -0.39 is 9.84 Å². The Labute approximate surface area is 104 Å². The van der Waals surface area contributed by atoms with E-state index in [4.69, 9.17) is 0 Å². The summed E-state index contributed by atoms with van der Waals surface area (Å²) in [5, 5.41) is 13.5. The van der Waals surface area contributed by atoms with Gasteiger partial charge in [-0.15, -0.1) is 0 Å². The minimum Gasteiger partial charge on any atom is -0.392 e. The molecule has 4 nitrogen and oxygen atoms in total. The molecular weight excluding hydrogens is 238 g/mol. The van der Waals surface area contributed by atoms with Crippen LogP contribution < -0.4 is 5.32 Å². The van der Waals surface area contributed by atoms with Crippen LogP contribution in [0.15, 0.2) is 0 Å². The molecule has 2 unspecified atom stereocenters. The summed E-state index contributed by atoms with van der Waals surface area (Å²) in [6.45, 7) is 0. The maximum absolute atomic E-state index is 11.3. The molecule has 1 aliphatic carbocycles. The highest BCUT2D eigenvalue weighted by molar-refractivity contribution is 7.91. The van der Waals surface area contributed by atoms with E-state index in [0.29, 0.717) is 24.3 Å². The molecule has 2 fully saturated rings. The van der Waals surface area contributed by atoms with Gasteiger partial charge in [0.1, 0.15) is 9.84 Å². The third-order valence-corrected chi connectivity index (χ3v) is 5.70. The van der Waals surface area contributed by atoms with Gasteiger partial charge in [-0.25, -0.2) is 8.42 Å². The molecule has 1 heterocycles. The highest BCUT2D eigenvalue weighted by atomic mass is 32.2. The van der Waals surface area contributed by atoms with Crippen molar-refractivity contribution in [1.29, 1.82) is 0 Å². The summed E-state index contributed by atoms with van der Waals surface area (Å²) in [5.74, 6) is 0.598. The van der Waals surface area contributed by atoms with Crippen molar-refractivity contribution in [3.63, 3.8) is 0 Å². The number of aliphatic hydroxyl groups is 1. The minimum atomic E-state index is -2.78. The maximum atomic E-state index is 11.3. The molecule has 0 aromatic heterocycles. The van der Waals surface area contributed by atoms with Gasteiger partial charge in [0.15, 0.2) is 0 Å². The molecule has 2 N–H and O–H groups in total. The van der Waals surface area contributed by atoms with Gasteiger partial charge in [0, 0.05) is 12.1 Å². The van der Waals surface area contributed by atoms with Crippen molar-refractivity contribution in [1.82, 2.24) is 5.32 Å². The molecule has 0 aromatic rings. The number of nitrogens with one attached hydrogen (secondary N) is 1. The van der Waals surface area contributed by atoms with E-state index in [0.717, 1.165) is 19.3 Å². The Morgan fingerprint density at radius 3 is 2.29 bits per heavy atom. The van der Waals surface area contributed by atoms with Gasteiger partial charge in [-0.2, -0.15) is 0 Å². The van der Waals surface area contributed by atoms with Gasteiger partial charge in [0.05, 0.1) is 17.6 Å². The summed E-state index contributed by atoms with van der Waals surface area (Å²) in [5.41, 5.74) is 0. The first kappa shape index (κ1) is 13.3. The van der Waals surface area contributed by atoms with Gasteiger partial charge < -0.3 is 10.4 Å². The number of aliphatic hydroxyl groups excluding tert-OH is 1. The van der Waals surface area contributed by atoms with Crippen molar-refractivity contribution in [2.45, 2.75) is 63.1 Å². The first-order valence-electron chi connectivity index (χ1n) is 6.71. The Kier molecular flexibility index (Phi) is 4.44. The monoisotopic (exact) mass is 261 g/mol. The number of sulfone groups is 1. The van der Waals surface area contributed by atoms with Crippen LogP contribution in [0.1, 0.15) is 44.9 Å². The minimum absolute atomic E-state index is 0.170. The summed E-state index contributed by atoms with van der Waals surface area (Å²) >= 11 is 0. The fraction of sp³-hybridized carbons (Fsp3) is 1.00. The van der Waals surface area contributed by atoms with Gasteiger partial charge in [0.25, 0.3) is 0 Å². The molecule has 0 amide bonds. The van der Waals surface area contributed by atoms with Crippen LogP contribution in [-0.2, 0) is 9.84 Å². The second-order valence-electron chi connectivity index (χ2n) is 5.40. The molecule has 2 rings (SSSR count). The molecule has 1 aliphatic heterocycles. The van der Waals surface area contributed by atoms with E-state index in [1.54, 1.807) is 0 Å². The van der Waals surface area contributed by atoms with Crippen LogP contribution >= 0.6 is 0 Å². The van der Waals surface area contributed by atoms with Crippen LogP contribution in [0, 0.1) is 0 Å². The van der Waals surface area contributed by atoms with Crippen molar-refractivity contribution >= 4 is 9.84 Å². The summed E-state index contributed by atoms with van der Waals surface area (Å²) in [4.78, 5) is 0. The summed E-state index contributed by atoms with van der Waals surface area (Å²) in [7, 11) is -2.78. The number of hydrogen-bond donors (Lipinski definition) is 2. The zero-order chi connectivity index (χ0) is 12.3. The Bertz CT molecular complexity index is 328. The fourth-order valence-corrected chi connectivity index (χ4v) is 4.33. The molecule has 0 bridgehead atoms. The van der Waals surface area contributed by atoms with Gasteiger partial charge >= 0.3 is 0 Å². The van der Waals surface area contributed by atoms with E-state index >= 15 is 0 Å². The van der Waals surface area contributed by atoms with Gasteiger partial charge in [-0.1, -0.05) is 19.3 Å². The average molecular weight is 261 g/mol. The predicted molar refractivity (Wildman–Crippen MR) is 67.7 cm³/mol. The summed E-state index contributed by atoms with van der Waals surface area (Å²) in [6, 6.07) is 0.444. The van der Waals surface area contributed by atoms with Crippen LogP contribution in [0.5, 0.6) is 0 Å². The van der Waals surface area contributed by atoms with E-state index in [1.165, 1.54) is 12.8 Å². The molecule has 0 radical (unpaired) electrons. The zero-order valence-corrected chi connectivity index (χ0v) is 11.1. The Hall–Kier alpha value is -0.130. The highest BCUT2D eigenvalue weighted by Crippen LogP contribution is 2.20. The number of rotatable bonds is 2. The lowest BCUT2D eigenvalue weighted by atomic mass is 10.0. The third kappa shape index (κ3) is 3.93. The summed E-state index contributed by atoms with van der Waals surface area (Å²) in [6.07, 6.45) is 6.52. The Morgan fingerprint density at radius 1 is 0.941 bits per heavy atom. The quantitative estimate of drug-likeness (QED) is 0.723. The first-order chi connectivity index (χ1) is 8.07. The fourth-order valence-electron chi connectivity index (χ4n) is 2.84. The largest absolute Gasteiger partial charge is 0.392 e. The summed E-state index contributed by atoms with van der Waals surface area (Å²) < 4.78 is 22.7. The maximum Gasteiger partial charge on any atom is 0.150 e. The van der Waals surface area contributed by atoms with E-state index in [2.05, 4.69) is 5.32 Å². The van der Waals surface area contributed by atoms with Crippen molar-refractivity contribution in [3.05, 3.63) is 0 Å². The highest BCUT2D eigenvalue weighted by Gasteiger charge is 2.28.